The molecule has 7 nitrogen and oxygen atoms in total. The Hall–Kier alpha value is -4.14. The third kappa shape index (κ3) is 6.19. The van der Waals surface area contributed by atoms with Crippen LogP contribution in [-0.4, -0.2) is 35.7 Å². The Bertz CT molecular complexity index is 1450. The normalized spacial score (nSPS) is 17.9. The first kappa shape index (κ1) is 27.4. The molecule has 3 N–H and O–H groups in total. The van der Waals surface area contributed by atoms with Gasteiger partial charge in [-0.1, -0.05) is 82.7 Å². The molecule has 204 valence electrons. The fourth-order valence-corrected chi connectivity index (χ4v) is 5.03. The van der Waals surface area contributed by atoms with Crippen LogP contribution in [0.15, 0.2) is 119 Å². The number of nitrogens with zero attached hydrogens (tertiary/aromatic N) is 1. The molecule has 0 unspecified atom stereocenters. The average molecular weight is 601 g/mol. The summed E-state index contributed by atoms with van der Waals surface area (Å²) in [5.41, 5.74) is 7.87. The van der Waals surface area contributed by atoms with Gasteiger partial charge in [0.25, 0.3) is 5.91 Å². The van der Waals surface area contributed by atoms with Crippen LogP contribution in [0.4, 0.5) is 5.69 Å². The predicted octanol–water partition coefficient (Wildman–Crippen LogP) is 5.85. The van der Waals surface area contributed by atoms with Gasteiger partial charge in [0.2, 0.25) is 5.90 Å². The summed E-state index contributed by atoms with van der Waals surface area (Å²) in [6, 6.07) is 34.4. The number of hydrogen-bond acceptors (Lipinski definition) is 6. The number of halogens is 1. The van der Waals surface area contributed by atoms with Gasteiger partial charge in [0.05, 0.1) is 12.3 Å². The molecule has 8 heteroatoms. The van der Waals surface area contributed by atoms with E-state index in [4.69, 9.17) is 19.6 Å². The molecule has 2 atom stereocenters. The molecule has 0 radical (unpaired) electrons. The molecule has 1 amide bonds. The van der Waals surface area contributed by atoms with E-state index in [0.29, 0.717) is 31.1 Å². The number of amides is 1. The van der Waals surface area contributed by atoms with Crippen LogP contribution in [0, 0.1) is 0 Å². The van der Waals surface area contributed by atoms with E-state index < -0.39 is 11.6 Å². The Kier molecular flexibility index (Phi) is 8.78. The Labute approximate surface area is 242 Å². The van der Waals surface area contributed by atoms with E-state index in [1.165, 1.54) is 0 Å². The monoisotopic (exact) mass is 599 g/mol. The van der Waals surface area contributed by atoms with Crippen molar-refractivity contribution in [2.75, 3.05) is 18.6 Å². The van der Waals surface area contributed by atoms with Crippen molar-refractivity contribution in [3.63, 3.8) is 0 Å². The van der Waals surface area contributed by atoms with Crippen molar-refractivity contribution < 1.29 is 19.4 Å². The van der Waals surface area contributed by atoms with Gasteiger partial charge in [-0.25, -0.2) is 4.99 Å². The molecule has 0 saturated carbocycles. The number of anilines is 1. The molecular formula is C32H30BrN3O4. The van der Waals surface area contributed by atoms with Crippen molar-refractivity contribution in [1.29, 1.82) is 0 Å². The van der Waals surface area contributed by atoms with Crippen molar-refractivity contribution >= 4 is 33.4 Å². The molecule has 40 heavy (non-hydrogen) atoms. The highest BCUT2D eigenvalue weighted by atomic mass is 79.9. The molecule has 1 aliphatic rings. The lowest BCUT2D eigenvalue weighted by molar-refractivity contribution is -0.128. The minimum Gasteiger partial charge on any atom is -0.494 e. The van der Waals surface area contributed by atoms with Gasteiger partial charge in [-0.05, 0) is 53.6 Å². The number of hydrogen-bond donors (Lipinski definition) is 3. The number of aliphatic imine (C=N–C) groups is 1. The second kappa shape index (κ2) is 12.8. The zero-order chi connectivity index (χ0) is 27.8. The van der Waals surface area contributed by atoms with Gasteiger partial charge in [0.15, 0.2) is 11.6 Å². The quantitative estimate of drug-likeness (QED) is 0.148. The second-order valence-electron chi connectivity index (χ2n) is 9.41. The van der Waals surface area contributed by atoms with Crippen LogP contribution in [0.2, 0.25) is 0 Å². The topological polar surface area (TPSA) is 92.2 Å². The first-order valence-electron chi connectivity index (χ1n) is 13.1. The van der Waals surface area contributed by atoms with E-state index in [0.717, 1.165) is 26.9 Å². The minimum absolute atomic E-state index is 0.0738. The molecule has 4 aromatic carbocycles. The molecule has 0 spiro atoms. The number of para-hydroxylation sites is 1. The van der Waals surface area contributed by atoms with Crippen molar-refractivity contribution in [3.05, 3.63) is 130 Å². The smallest absolute Gasteiger partial charge is 0.270 e. The van der Waals surface area contributed by atoms with Gasteiger partial charge in [0, 0.05) is 29.5 Å². The summed E-state index contributed by atoms with van der Waals surface area (Å²) in [4.78, 5) is 19.3. The molecule has 0 fully saturated rings. The number of aliphatic hydroxyl groups is 1. The SMILES string of the molecule is O=C(NNc1ccccc1)[C@@]1(Cc2ccccc2Br)N=C(c2ccc(OCCCO)cc2)O[C@H]1c1ccccc1. The lowest BCUT2D eigenvalue weighted by atomic mass is 9.82. The van der Waals surface area contributed by atoms with Crippen LogP contribution in [0.25, 0.3) is 0 Å². The Balaban J connectivity index is 1.54. The number of benzene rings is 4. The molecule has 0 aliphatic carbocycles. The predicted molar refractivity (Wildman–Crippen MR) is 159 cm³/mol. The molecule has 5 rings (SSSR count). The lowest BCUT2D eigenvalue weighted by Gasteiger charge is -2.31. The summed E-state index contributed by atoms with van der Waals surface area (Å²) < 4.78 is 13.1. The highest BCUT2D eigenvalue weighted by Crippen LogP contribution is 2.43. The summed E-state index contributed by atoms with van der Waals surface area (Å²) in [6.07, 6.45) is 0.163. The lowest BCUT2D eigenvalue weighted by Crippen LogP contribution is -2.51. The van der Waals surface area contributed by atoms with Gasteiger partial charge in [-0.3, -0.25) is 15.6 Å². The first-order chi connectivity index (χ1) is 19.6. The van der Waals surface area contributed by atoms with Crippen molar-refractivity contribution in [3.8, 4) is 5.75 Å². The molecule has 1 aliphatic heterocycles. The number of aliphatic hydroxyl groups excluding tert-OH is 1. The number of hydrazine groups is 1. The van der Waals surface area contributed by atoms with E-state index in [9.17, 15) is 4.79 Å². The summed E-state index contributed by atoms with van der Waals surface area (Å²) >= 11 is 3.66. The highest BCUT2D eigenvalue weighted by molar-refractivity contribution is 9.10. The Morgan fingerprint density at radius 1 is 0.925 bits per heavy atom. The van der Waals surface area contributed by atoms with E-state index >= 15 is 0 Å². The highest BCUT2D eigenvalue weighted by Gasteiger charge is 2.53. The Morgan fingerprint density at radius 2 is 1.60 bits per heavy atom. The number of nitrogens with one attached hydrogen (secondary N) is 2. The third-order valence-corrected chi connectivity index (χ3v) is 7.42. The van der Waals surface area contributed by atoms with Crippen LogP contribution in [-0.2, 0) is 16.0 Å². The van der Waals surface area contributed by atoms with Gasteiger partial charge in [-0.15, -0.1) is 0 Å². The third-order valence-electron chi connectivity index (χ3n) is 6.64. The molecule has 4 aromatic rings. The minimum atomic E-state index is -1.32. The van der Waals surface area contributed by atoms with Crippen LogP contribution in [0.3, 0.4) is 0 Å². The molecular weight excluding hydrogens is 570 g/mol. The number of carbonyl (C=O) groups is 1. The van der Waals surface area contributed by atoms with Gasteiger partial charge < -0.3 is 14.6 Å². The van der Waals surface area contributed by atoms with E-state index in [-0.39, 0.29) is 12.5 Å². The second-order valence-corrected chi connectivity index (χ2v) is 10.3. The average Bonchev–Trinajstić information content (AvgIpc) is 3.39. The van der Waals surface area contributed by atoms with Gasteiger partial charge in [-0.2, -0.15) is 0 Å². The molecule has 0 aromatic heterocycles. The number of ether oxygens (including phenoxy) is 2. The fourth-order valence-electron chi connectivity index (χ4n) is 4.60. The standard InChI is InChI=1S/C32H30BrN3O4/c33-28-15-8-7-12-25(28)22-32(31(38)36-35-26-13-5-2-6-14-26)29(23-10-3-1-4-11-23)40-30(34-32)24-16-18-27(19-17-24)39-21-9-20-37/h1-8,10-19,29,35,37H,9,20-22H2,(H,36,38)/t29-,32-/m0/s1. The van der Waals surface area contributed by atoms with Crippen LogP contribution >= 0.6 is 15.9 Å². The zero-order valence-corrected chi connectivity index (χ0v) is 23.4. The summed E-state index contributed by atoms with van der Waals surface area (Å²) in [5, 5.41) is 9.02. The van der Waals surface area contributed by atoms with E-state index in [2.05, 4.69) is 26.8 Å². The van der Waals surface area contributed by atoms with Crippen molar-refractivity contribution in [1.82, 2.24) is 5.43 Å². The van der Waals surface area contributed by atoms with E-state index in [1.54, 1.807) is 0 Å². The van der Waals surface area contributed by atoms with E-state index in [1.807, 2.05) is 109 Å². The largest absolute Gasteiger partial charge is 0.494 e. The van der Waals surface area contributed by atoms with Gasteiger partial charge >= 0.3 is 0 Å². The number of carbonyl (C=O) groups excluding carboxylic acids is 1. The molecule has 1 heterocycles. The van der Waals surface area contributed by atoms with Crippen LogP contribution in [0.1, 0.15) is 29.2 Å². The number of rotatable bonds is 11. The van der Waals surface area contributed by atoms with Crippen LogP contribution in [0.5, 0.6) is 5.75 Å². The zero-order valence-electron chi connectivity index (χ0n) is 21.8. The summed E-state index contributed by atoms with van der Waals surface area (Å²) in [7, 11) is 0. The van der Waals surface area contributed by atoms with Gasteiger partial charge in [0.1, 0.15) is 5.75 Å². The maximum absolute atomic E-state index is 14.2. The Morgan fingerprint density at radius 3 is 2.30 bits per heavy atom. The maximum atomic E-state index is 14.2. The van der Waals surface area contributed by atoms with Crippen molar-refractivity contribution in [2.24, 2.45) is 4.99 Å². The van der Waals surface area contributed by atoms with Crippen LogP contribution < -0.4 is 15.6 Å². The molecule has 0 saturated heterocycles. The summed E-state index contributed by atoms with van der Waals surface area (Å²) in [6.45, 7) is 0.497. The fraction of sp³-hybridized carbons (Fsp3) is 0.188. The summed E-state index contributed by atoms with van der Waals surface area (Å²) in [5.74, 6) is 0.734. The molecule has 0 bridgehead atoms. The first-order valence-corrected chi connectivity index (χ1v) is 13.9. The van der Waals surface area contributed by atoms with Crippen molar-refractivity contribution in [2.45, 2.75) is 24.5 Å². The maximum Gasteiger partial charge on any atom is 0.270 e.